The monoisotopic (exact) mass is 514 g/mol. The third-order valence-electron chi connectivity index (χ3n) is 6.74. The van der Waals surface area contributed by atoms with Crippen LogP contribution in [0.5, 0.6) is 0 Å². The predicted molar refractivity (Wildman–Crippen MR) is 143 cm³/mol. The van der Waals surface area contributed by atoms with Gasteiger partial charge in [0.05, 0.1) is 34.0 Å². The highest BCUT2D eigenvalue weighted by atomic mass is 35.5. The Morgan fingerprint density at radius 1 is 1.00 bits per heavy atom. The van der Waals surface area contributed by atoms with Gasteiger partial charge in [0, 0.05) is 23.2 Å². The van der Waals surface area contributed by atoms with Gasteiger partial charge < -0.3 is 16.0 Å². The van der Waals surface area contributed by atoms with Gasteiger partial charge in [-0.2, -0.15) is 0 Å². The number of nitrogens with two attached hydrogens (primary N) is 2. The molecule has 2 aromatic heterocycles. The van der Waals surface area contributed by atoms with Crippen LogP contribution in [0.3, 0.4) is 0 Å². The van der Waals surface area contributed by atoms with Gasteiger partial charge in [0.2, 0.25) is 16.0 Å². The number of rotatable bonds is 5. The second kappa shape index (κ2) is 9.64. The fourth-order valence-corrected chi connectivity index (χ4v) is 5.95. The number of halogens is 1. The molecule has 2 aromatic carbocycles. The van der Waals surface area contributed by atoms with Crippen molar-refractivity contribution < 1.29 is 8.42 Å². The zero-order chi connectivity index (χ0) is 24.0. The molecule has 2 heterocycles. The highest BCUT2D eigenvalue weighted by Gasteiger charge is 2.27. The summed E-state index contributed by atoms with van der Waals surface area (Å²) in [5.41, 5.74) is 17.0. The lowest BCUT2D eigenvalue weighted by Crippen LogP contribution is -2.27. The zero-order valence-corrected chi connectivity index (χ0v) is 21.5. The van der Waals surface area contributed by atoms with Crippen LogP contribution in [-0.4, -0.2) is 38.2 Å². The minimum atomic E-state index is -3.68. The summed E-state index contributed by atoms with van der Waals surface area (Å²) >= 11 is 0. The van der Waals surface area contributed by atoms with E-state index in [1.54, 1.807) is 13.8 Å². The highest BCUT2D eigenvalue weighted by molar-refractivity contribution is 7.90. The SMILES string of the molecule is CC(C)S(=O)(=O)n1c(N)nc2ccc(-c3c(-c4ccccc4)ncn3C3CCC(N)CC3)cc21.Cl. The van der Waals surface area contributed by atoms with Gasteiger partial charge in [0.1, 0.15) is 0 Å². The normalized spacial score (nSPS) is 18.6. The summed E-state index contributed by atoms with van der Waals surface area (Å²) in [6, 6.07) is 16.2. The van der Waals surface area contributed by atoms with Gasteiger partial charge in [-0.25, -0.2) is 22.4 Å². The van der Waals surface area contributed by atoms with Crippen LogP contribution < -0.4 is 11.5 Å². The van der Waals surface area contributed by atoms with Crippen LogP contribution in [0.1, 0.15) is 45.6 Å². The Morgan fingerprint density at radius 2 is 1.69 bits per heavy atom. The topological polar surface area (TPSA) is 122 Å². The van der Waals surface area contributed by atoms with Crippen molar-refractivity contribution in [2.75, 3.05) is 5.73 Å². The van der Waals surface area contributed by atoms with Gasteiger partial charge in [0.25, 0.3) is 0 Å². The Labute approximate surface area is 211 Å². The number of nitrogen functional groups attached to an aromatic ring is 1. The Kier molecular flexibility index (Phi) is 6.95. The Hall–Kier alpha value is -2.88. The van der Waals surface area contributed by atoms with Gasteiger partial charge in [-0.05, 0) is 51.7 Å². The van der Waals surface area contributed by atoms with E-state index in [9.17, 15) is 8.42 Å². The molecule has 4 aromatic rings. The summed E-state index contributed by atoms with van der Waals surface area (Å²) in [5.74, 6) is -0.0288. The molecule has 0 bridgehead atoms. The zero-order valence-electron chi connectivity index (χ0n) is 19.8. The number of anilines is 1. The third kappa shape index (κ3) is 4.44. The first-order chi connectivity index (χ1) is 16.3. The Balaban J connectivity index is 0.00000289. The molecule has 4 N–H and O–H groups in total. The Morgan fingerprint density at radius 3 is 2.34 bits per heavy atom. The molecule has 0 unspecified atom stereocenters. The number of hydrogen-bond acceptors (Lipinski definition) is 6. The summed E-state index contributed by atoms with van der Waals surface area (Å²) in [7, 11) is -3.68. The van der Waals surface area contributed by atoms with E-state index in [-0.39, 0.29) is 30.4 Å². The van der Waals surface area contributed by atoms with E-state index >= 15 is 0 Å². The largest absolute Gasteiger partial charge is 0.368 e. The number of hydrogen-bond donors (Lipinski definition) is 2. The second-order valence-corrected chi connectivity index (χ2v) is 11.7. The molecule has 0 radical (unpaired) electrons. The van der Waals surface area contributed by atoms with E-state index in [2.05, 4.69) is 9.55 Å². The van der Waals surface area contributed by atoms with Crippen LogP contribution in [0, 0.1) is 0 Å². The number of fused-ring (bicyclic) bond motifs is 1. The molecule has 1 fully saturated rings. The molecule has 1 saturated carbocycles. The molecule has 0 saturated heterocycles. The molecule has 5 rings (SSSR count). The van der Waals surface area contributed by atoms with Gasteiger partial charge >= 0.3 is 0 Å². The van der Waals surface area contributed by atoms with Crippen molar-refractivity contribution >= 4 is 39.4 Å². The standard InChI is InChI=1S/C25H30N6O2S.ClH/c1-16(2)34(32,33)31-22-14-18(8-13-21(22)29-25(31)27)24-23(17-6-4-3-5-7-17)28-15-30(24)20-11-9-19(26)10-12-20;/h3-8,13-16,19-20H,9-12,26H2,1-2H3,(H2,27,29);1H. The van der Waals surface area contributed by atoms with Gasteiger partial charge in [-0.3, -0.25) is 0 Å². The molecule has 8 nitrogen and oxygen atoms in total. The molecular weight excluding hydrogens is 484 g/mol. The molecule has 1 aliphatic rings. The summed E-state index contributed by atoms with van der Waals surface area (Å²) in [6.45, 7) is 3.28. The lowest BCUT2D eigenvalue weighted by molar-refractivity contribution is 0.325. The average Bonchev–Trinajstić information content (AvgIpc) is 3.40. The second-order valence-electron chi connectivity index (χ2n) is 9.32. The maximum absolute atomic E-state index is 13.1. The van der Waals surface area contributed by atoms with E-state index < -0.39 is 15.3 Å². The van der Waals surface area contributed by atoms with Crippen LogP contribution in [0.15, 0.2) is 54.9 Å². The third-order valence-corrected chi connectivity index (χ3v) is 8.82. The molecule has 0 atom stereocenters. The first kappa shape index (κ1) is 25.2. The van der Waals surface area contributed by atoms with Crippen molar-refractivity contribution in [3.05, 3.63) is 54.9 Å². The van der Waals surface area contributed by atoms with Crippen LogP contribution in [-0.2, 0) is 10.0 Å². The highest BCUT2D eigenvalue weighted by Crippen LogP contribution is 2.38. The predicted octanol–water partition coefficient (Wildman–Crippen LogP) is 4.60. The van der Waals surface area contributed by atoms with E-state index in [0.29, 0.717) is 11.0 Å². The van der Waals surface area contributed by atoms with E-state index in [1.165, 1.54) is 3.97 Å². The van der Waals surface area contributed by atoms with E-state index in [1.807, 2.05) is 54.9 Å². The van der Waals surface area contributed by atoms with Crippen LogP contribution in [0.4, 0.5) is 5.95 Å². The van der Waals surface area contributed by atoms with Crippen molar-refractivity contribution in [1.29, 1.82) is 0 Å². The molecule has 0 aliphatic heterocycles. The minimum absolute atomic E-state index is 0. The van der Waals surface area contributed by atoms with E-state index in [0.717, 1.165) is 48.2 Å². The fraction of sp³-hybridized carbons (Fsp3) is 0.360. The smallest absolute Gasteiger partial charge is 0.244 e. The van der Waals surface area contributed by atoms with E-state index in [4.69, 9.17) is 16.5 Å². The minimum Gasteiger partial charge on any atom is -0.368 e. The van der Waals surface area contributed by atoms with Crippen LogP contribution >= 0.6 is 12.4 Å². The first-order valence-corrected chi connectivity index (χ1v) is 13.2. The van der Waals surface area contributed by atoms with Crippen molar-refractivity contribution in [2.24, 2.45) is 5.73 Å². The molecule has 0 spiro atoms. The quantitative estimate of drug-likeness (QED) is 0.401. The number of aromatic nitrogens is 4. The first-order valence-electron chi connectivity index (χ1n) is 11.7. The summed E-state index contributed by atoms with van der Waals surface area (Å²) in [4.78, 5) is 9.12. The molecule has 186 valence electrons. The molecule has 10 heteroatoms. The maximum Gasteiger partial charge on any atom is 0.244 e. The molecule has 1 aliphatic carbocycles. The van der Waals surface area contributed by atoms with Crippen molar-refractivity contribution in [3.8, 4) is 22.5 Å². The van der Waals surface area contributed by atoms with Crippen LogP contribution in [0.25, 0.3) is 33.5 Å². The number of imidazole rings is 2. The fourth-order valence-electron chi connectivity index (χ4n) is 4.81. The lowest BCUT2D eigenvalue weighted by Gasteiger charge is -2.28. The molecule has 0 amide bonds. The lowest BCUT2D eigenvalue weighted by atomic mass is 9.91. The van der Waals surface area contributed by atoms with Gasteiger partial charge in [0.15, 0.2) is 0 Å². The van der Waals surface area contributed by atoms with Crippen molar-refractivity contribution in [2.45, 2.75) is 56.9 Å². The number of benzene rings is 2. The molecular formula is C25H31ClN6O2S. The summed E-state index contributed by atoms with van der Waals surface area (Å²) in [6.07, 6.45) is 5.80. The van der Waals surface area contributed by atoms with Gasteiger partial charge in [-0.1, -0.05) is 36.4 Å². The average molecular weight is 515 g/mol. The molecule has 35 heavy (non-hydrogen) atoms. The number of nitrogens with zero attached hydrogens (tertiary/aromatic N) is 4. The summed E-state index contributed by atoms with van der Waals surface area (Å²) < 4.78 is 29.5. The Bertz CT molecular complexity index is 1440. The van der Waals surface area contributed by atoms with Gasteiger partial charge in [-0.15, -0.1) is 12.4 Å². The van der Waals surface area contributed by atoms with Crippen molar-refractivity contribution in [1.82, 2.24) is 18.5 Å². The summed E-state index contributed by atoms with van der Waals surface area (Å²) in [5, 5.41) is -0.632. The van der Waals surface area contributed by atoms with Crippen molar-refractivity contribution in [3.63, 3.8) is 0 Å². The maximum atomic E-state index is 13.1. The van der Waals surface area contributed by atoms with Crippen LogP contribution in [0.2, 0.25) is 0 Å².